The van der Waals surface area contributed by atoms with Crippen LogP contribution in [0.3, 0.4) is 0 Å². The van der Waals surface area contributed by atoms with Gasteiger partial charge in [-0.1, -0.05) is 61.4 Å². The second-order valence-corrected chi connectivity index (χ2v) is 10.7. The molecule has 1 fully saturated rings. The minimum Gasteiger partial charge on any atom is -0.329 e. The van der Waals surface area contributed by atoms with Crippen LogP contribution in [0.5, 0.6) is 0 Å². The first kappa shape index (κ1) is 24.8. The Balaban J connectivity index is 1.49. The Morgan fingerprint density at radius 1 is 0.914 bits per heavy atom. The summed E-state index contributed by atoms with van der Waals surface area (Å²) in [4.78, 5) is 19.5. The number of benzene rings is 2. The van der Waals surface area contributed by atoms with Gasteiger partial charge in [0.15, 0.2) is 0 Å². The third-order valence-corrected chi connectivity index (χ3v) is 8.23. The maximum atomic E-state index is 13.1. The van der Waals surface area contributed by atoms with E-state index in [4.69, 9.17) is 0 Å². The zero-order valence-corrected chi connectivity index (χ0v) is 20.8. The highest BCUT2D eigenvalue weighted by atomic mass is 32.2. The van der Waals surface area contributed by atoms with Gasteiger partial charge >= 0.3 is 0 Å². The summed E-state index contributed by atoms with van der Waals surface area (Å²) in [5.41, 5.74) is 2.51. The van der Waals surface area contributed by atoms with Gasteiger partial charge in [-0.15, -0.1) is 0 Å². The smallest absolute Gasteiger partial charge is 0.247 e. The maximum Gasteiger partial charge on any atom is 0.247 e. The lowest BCUT2D eigenvalue weighted by Gasteiger charge is -2.27. The Morgan fingerprint density at radius 3 is 2.20 bits per heavy atom. The highest BCUT2D eigenvalue weighted by molar-refractivity contribution is 7.89. The molecule has 1 amide bonds. The molecule has 3 aromatic rings. The normalized spacial score (nSPS) is 16.0. The molecule has 35 heavy (non-hydrogen) atoms. The van der Waals surface area contributed by atoms with Gasteiger partial charge in [0, 0.05) is 32.4 Å². The van der Waals surface area contributed by atoms with Crippen molar-refractivity contribution in [3.05, 3.63) is 102 Å². The van der Waals surface area contributed by atoms with Crippen molar-refractivity contribution >= 4 is 22.0 Å². The van der Waals surface area contributed by atoms with E-state index < -0.39 is 10.0 Å². The van der Waals surface area contributed by atoms with E-state index in [2.05, 4.69) is 4.98 Å². The van der Waals surface area contributed by atoms with E-state index in [1.807, 2.05) is 48.5 Å². The number of carbonyl (C=O) groups is 1. The van der Waals surface area contributed by atoms with Crippen molar-refractivity contribution in [1.29, 1.82) is 0 Å². The van der Waals surface area contributed by atoms with Crippen LogP contribution in [-0.4, -0.2) is 48.7 Å². The molecule has 7 heteroatoms. The fourth-order valence-electron chi connectivity index (χ4n) is 4.36. The maximum absolute atomic E-state index is 13.1. The first-order valence-corrected chi connectivity index (χ1v) is 13.4. The summed E-state index contributed by atoms with van der Waals surface area (Å²) in [7, 11) is -1.73. The van der Waals surface area contributed by atoms with Crippen molar-refractivity contribution in [1.82, 2.24) is 14.2 Å². The lowest BCUT2D eigenvalue weighted by atomic mass is 10.0. The lowest BCUT2D eigenvalue weighted by molar-refractivity contribution is -0.126. The predicted molar refractivity (Wildman–Crippen MR) is 138 cm³/mol. The summed E-state index contributed by atoms with van der Waals surface area (Å²) in [6, 6.07) is 21.9. The number of pyridine rings is 1. The topological polar surface area (TPSA) is 70.6 Å². The third-order valence-electron chi connectivity index (χ3n) is 6.32. The number of amides is 1. The summed E-state index contributed by atoms with van der Waals surface area (Å²) in [5.74, 6) is -0.175. The molecule has 0 N–H and O–H groups in total. The molecule has 0 aliphatic carbocycles. The predicted octanol–water partition coefficient (Wildman–Crippen LogP) is 4.91. The molecule has 0 bridgehead atoms. The van der Waals surface area contributed by atoms with E-state index in [0.29, 0.717) is 18.0 Å². The number of hydrogen-bond acceptors (Lipinski definition) is 4. The third kappa shape index (κ3) is 6.05. The molecule has 0 spiro atoms. The molecule has 1 atom stereocenters. The zero-order valence-electron chi connectivity index (χ0n) is 20.0. The SMILES string of the molecule is CN(C(=O)/C=C/c1ccc(S(=O)(=O)N2CCCCCC2)cc1)C(c1ccccc1)c1ccccn1. The van der Waals surface area contributed by atoms with Crippen molar-refractivity contribution in [2.24, 2.45) is 0 Å². The largest absolute Gasteiger partial charge is 0.329 e. The zero-order chi connectivity index (χ0) is 24.7. The Kier molecular flexibility index (Phi) is 8.10. The number of nitrogens with zero attached hydrogens (tertiary/aromatic N) is 3. The molecule has 4 rings (SSSR count). The summed E-state index contributed by atoms with van der Waals surface area (Å²) >= 11 is 0. The van der Waals surface area contributed by atoms with Crippen LogP contribution in [0, 0.1) is 0 Å². The summed E-state index contributed by atoms with van der Waals surface area (Å²) in [6.07, 6.45) is 8.89. The van der Waals surface area contributed by atoms with Gasteiger partial charge in [0.1, 0.15) is 0 Å². The fraction of sp³-hybridized carbons (Fsp3) is 0.286. The van der Waals surface area contributed by atoms with Crippen molar-refractivity contribution in [2.75, 3.05) is 20.1 Å². The molecule has 1 unspecified atom stereocenters. The average molecular weight is 490 g/mol. The summed E-state index contributed by atoms with van der Waals surface area (Å²) in [5, 5.41) is 0. The molecule has 0 saturated carbocycles. The highest BCUT2D eigenvalue weighted by Gasteiger charge is 2.25. The molecule has 1 aliphatic rings. The minimum atomic E-state index is -3.49. The van der Waals surface area contributed by atoms with Crippen molar-refractivity contribution in [3.8, 4) is 0 Å². The first-order valence-electron chi connectivity index (χ1n) is 12.0. The highest BCUT2D eigenvalue weighted by Crippen LogP contribution is 2.26. The summed E-state index contributed by atoms with van der Waals surface area (Å²) in [6.45, 7) is 1.15. The monoisotopic (exact) mass is 489 g/mol. The van der Waals surface area contributed by atoms with Gasteiger partial charge in [0.05, 0.1) is 16.6 Å². The van der Waals surface area contributed by atoms with Crippen molar-refractivity contribution in [3.63, 3.8) is 0 Å². The van der Waals surface area contributed by atoms with Crippen LogP contribution < -0.4 is 0 Å². The number of rotatable bonds is 7. The molecule has 2 heterocycles. The van der Waals surface area contributed by atoms with Crippen LogP contribution in [0.4, 0.5) is 0 Å². The van der Waals surface area contributed by atoms with Crippen molar-refractivity contribution < 1.29 is 13.2 Å². The van der Waals surface area contributed by atoms with E-state index in [0.717, 1.165) is 42.5 Å². The molecular weight excluding hydrogens is 458 g/mol. The number of likely N-dealkylation sites (N-methyl/N-ethyl adjacent to an activating group) is 1. The van der Waals surface area contributed by atoms with Crippen LogP contribution in [0.15, 0.2) is 90.0 Å². The molecule has 6 nitrogen and oxygen atoms in total. The summed E-state index contributed by atoms with van der Waals surface area (Å²) < 4.78 is 27.6. The molecule has 1 saturated heterocycles. The van der Waals surface area contributed by atoms with Crippen LogP contribution in [0.2, 0.25) is 0 Å². The van der Waals surface area contributed by atoms with E-state index >= 15 is 0 Å². The molecule has 182 valence electrons. The molecule has 0 radical (unpaired) electrons. The minimum absolute atomic E-state index is 0.175. The quantitative estimate of drug-likeness (QED) is 0.442. The average Bonchev–Trinajstić information content (AvgIpc) is 3.19. The Morgan fingerprint density at radius 2 is 1.57 bits per heavy atom. The van der Waals surface area contributed by atoms with Gasteiger partial charge in [-0.3, -0.25) is 9.78 Å². The Hall–Kier alpha value is -3.29. The van der Waals surface area contributed by atoms with Crippen LogP contribution >= 0.6 is 0 Å². The van der Waals surface area contributed by atoms with Gasteiger partial charge < -0.3 is 4.90 Å². The fourth-order valence-corrected chi connectivity index (χ4v) is 5.88. The number of sulfonamides is 1. The second kappa shape index (κ2) is 11.4. The van der Waals surface area contributed by atoms with E-state index in [1.54, 1.807) is 52.8 Å². The number of hydrogen-bond donors (Lipinski definition) is 0. The second-order valence-electron chi connectivity index (χ2n) is 8.74. The van der Waals surface area contributed by atoms with E-state index in [1.165, 1.54) is 6.08 Å². The molecule has 2 aromatic carbocycles. The van der Waals surface area contributed by atoms with Crippen LogP contribution in [-0.2, 0) is 14.8 Å². The standard InChI is InChI=1S/C28H31N3O3S/c1-30(28(24-11-5-4-6-12-24)26-13-7-8-20-29-26)27(32)19-16-23-14-17-25(18-15-23)35(33,34)31-21-9-2-3-10-22-31/h4-8,11-20,28H,2-3,9-10,21-22H2,1H3/b19-16+. The Bertz CT molecular complexity index is 1200. The van der Waals surface area contributed by atoms with Gasteiger partial charge in [0.25, 0.3) is 0 Å². The lowest BCUT2D eigenvalue weighted by Crippen LogP contribution is -2.31. The van der Waals surface area contributed by atoms with Gasteiger partial charge in [0.2, 0.25) is 15.9 Å². The molecule has 1 aromatic heterocycles. The molecule has 1 aliphatic heterocycles. The van der Waals surface area contributed by atoms with Crippen molar-refractivity contribution in [2.45, 2.75) is 36.6 Å². The first-order chi connectivity index (χ1) is 17.0. The van der Waals surface area contributed by atoms with E-state index in [-0.39, 0.29) is 11.9 Å². The van der Waals surface area contributed by atoms with Gasteiger partial charge in [-0.2, -0.15) is 4.31 Å². The number of carbonyl (C=O) groups excluding carboxylic acids is 1. The molecular formula is C28H31N3O3S. The van der Waals surface area contributed by atoms with E-state index in [9.17, 15) is 13.2 Å². The van der Waals surface area contributed by atoms with Gasteiger partial charge in [-0.05, 0) is 54.3 Å². The number of aromatic nitrogens is 1. The Labute approximate surface area is 208 Å². The van der Waals surface area contributed by atoms with Crippen LogP contribution in [0.25, 0.3) is 6.08 Å². The van der Waals surface area contributed by atoms with Gasteiger partial charge in [-0.25, -0.2) is 8.42 Å². The van der Waals surface area contributed by atoms with Crippen LogP contribution in [0.1, 0.15) is 48.5 Å².